The van der Waals surface area contributed by atoms with Crippen molar-refractivity contribution < 1.29 is 0 Å². The number of rotatable bonds is 6. The van der Waals surface area contributed by atoms with Gasteiger partial charge in [0, 0.05) is 19.0 Å². The minimum atomic E-state index is 0.558. The lowest BCUT2D eigenvalue weighted by molar-refractivity contribution is 0.837. The Bertz CT molecular complexity index is 572. The third-order valence-electron chi connectivity index (χ3n) is 2.82. The van der Waals surface area contributed by atoms with Crippen LogP contribution in [0.4, 0.5) is 17.3 Å². The largest absolute Gasteiger partial charge is 0.370 e. The fraction of sp³-hybridized carbons (Fsp3) is 0.333. The predicted molar refractivity (Wildman–Crippen MR) is 89.9 cm³/mol. The maximum Gasteiger partial charge on any atom is 0.136 e. The zero-order chi connectivity index (χ0) is 15.2. The molecular weight excluding hydrogens is 307 g/mol. The van der Waals surface area contributed by atoms with E-state index >= 15 is 0 Å². The first-order chi connectivity index (χ1) is 10.1. The Hall–Kier alpha value is -1.52. The van der Waals surface area contributed by atoms with Crippen molar-refractivity contribution in [1.29, 1.82) is 0 Å². The van der Waals surface area contributed by atoms with Crippen molar-refractivity contribution in [3.8, 4) is 0 Å². The summed E-state index contributed by atoms with van der Waals surface area (Å²) in [4.78, 5) is 8.97. The summed E-state index contributed by atoms with van der Waals surface area (Å²) in [6.07, 6.45) is 1.81. The highest BCUT2D eigenvalue weighted by Gasteiger charge is 2.09. The summed E-state index contributed by atoms with van der Waals surface area (Å²) in [6, 6.07) is 7.23. The number of aromatic nitrogens is 2. The van der Waals surface area contributed by atoms with E-state index in [1.165, 1.54) is 0 Å². The van der Waals surface area contributed by atoms with Crippen LogP contribution >= 0.6 is 23.2 Å². The van der Waals surface area contributed by atoms with Crippen molar-refractivity contribution in [2.75, 3.05) is 17.2 Å². The summed E-state index contributed by atoms with van der Waals surface area (Å²) in [5, 5.41) is 7.50. The van der Waals surface area contributed by atoms with Gasteiger partial charge in [0.2, 0.25) is 0 Å². The fourth-order valence-electron chi connectivity index (χ4n) is 1.91. The smallest absolute Gasteiger partial charge is 0.136 e. The number of anilines is 3. The van der Waals surface area contributed by atoms with Crippen LogP contribution in [0.1, 0.15) is 26.1 Å². The molecule has 112 valence electrons. The van der Waals surface area contributed by atoms with E-state index in [1.54, 1.807) is 12.1 Å². The van der Waals surface area contributed by atoms with Gasteiger partial charge in [-0.1, -0.05) is 36.2 Å². The molecule has 2 aromatic rings. The Kier molecular flexibility index (Phi) is 5.65. The summed E-state index contributed by atoms with van der Waals surface area (Å²) >= 11 is 12.4. The number of hydrogen-bond donors (Lipinski definition) is 2. The number of nitrogens with zero attached hydrogens (tertiary/aromatic N) is 2. The molecule has 4 nitrogen and oxygen atoms in total. The number of para-hydroxylation sites is 1. The quantitative estimate of drug-likeness (QED) is 0.792. The number of nitrogens with one attached hydrogen (secondary N) is 2. The van der Waals surface area contributed by atoms with Gasteiger partial charge in [-0.15, -0.1) is 0 Å². The second-order valence-corrected chi connectivity index (χ2v) is 5.37. The summed E-state index contributed by atoms with van der Waals surface area (Å²) < 4.78 is 0. The molecule has 1 aromatic carbocycles. The van der Waals surface area contributed by atoms with Gasteiger partial charge in [0.25, 0.3) is 0 Å². The van der Waals surface area contributed by atoms with E-state index in [9.17, 15) is 0 Å². The van der Waals surface area contributed by atoms with Crippen LogP contribution in [0.15, 0.2) is 24.3 Å². The summed E-state index contributed by atoms with van der Waals surface area (Å²) in [7, 11) is 0. The molecule has 0 spiro atoms. The number of hydrogen-bond acceptors (Lipinski definition) is 4. The van der Waals surface area contributed by atoms with Crippen molar-refractivity contribution in [1.82, 2.24) is 9.97 Å². The normalized spacial score (nSPS) is 10.5. The highest BCUT2D eigenvalue weighted by Crippen LogP contribution is 2.32. The Morgan fingerprint density at radius 2 is 1.71 bits per heavy atom. The molecular formula is C15H18Cl2N4. The van der Waals surface area contributed by atoms with E-state index in [-0.39, 0.29) is 0 Å². The zero-order valence-electron chi connectivity index (χ0n) is 12.1. The van der Waals surface area contributed by atoms with Gasteiger partial charge in [-0.2, -0.15) is 0 Å². The highest BCUT2D eigenvalue weighted by atomic mass is 35.5. The van der Waals surface area contributed by atoms with E-state index in [1.807, 2.05) is 19.1 Å². The Labute approximate surface area is 134 Å². The first kappa shape index (κ1) is 15.9. The fourth-order valence-corrected chi connectivity index (χ4v) is 2.41. The molecule has 6 heteroatoms. The molecule has 0 amide bonds. The molecule has 2 N–H and O–H groups in total. The molecule has 0 aliphatic carbocycles. The SMILES string of the molecule is CCCc1nc(NCC)cc(Nc2c(Cl)cccc2Cl)n1. The first-order valence-corrected chi connectivity index (χ1v) is 7.72. The van der Waals surface area contributed by atoms with Crippen molar-refractivity contribution in [2.45, 2.75) is 26.7 Å². The Morgan fingerprint density at radius 3 is 2.33 bits per heavy atom. The van der Waals surface area contributed by atoms with Gasteiger partial charge < -0.3 is 10.6 Å². The molecule has 0 saturated carbocycles. The van der Waals surface area contributed by atoms with Gasteiger partial charge in [0.15, 0.2) is 0 Å². The molecule has 0 unspecified atom stereocenters. The Balaban J connectivity index is 2.34. The van der Waals surface area contributed by atoms with E-state index < -0.39 is 0 Å². The lowest BCUT2D eigenvalue weighted by Crippen LogP contribution is -2.06. The summed E-state index contributed by atoms with van der Waals surface area (Å²) in [5.41, 5.74) is 0.657. The topological polar surface area (TPSA) is 49.8 Å². The highest BCUT2D eigenvalue weighted by molar-refractivity contribution is 6.39. The minimum Gasteiger partial charge on any atom is -0.370 e. The third kappa shape index (κ3) is 4.22. The number of benzene rings is 1. The van der Waals surface area contributed by atoms with Gasteiger partial charge in [-0.3, -0.25) is 0 Å². The monoisotopic (exact) mass is 324 g/mol. The third-order valence-corrected chi connectivity index (χ3v) is 3.45. The molecule has 2 rings (SSSR count). The van der Waals surface area contributed by atoms with Crippen molar-refractivity contribution in [3.05, 3.63) is 40.1 Å². The number of halogens is 2. The van der Waals surface area contributed by atoms with Crippen molar-refractivity contribution in [2.24, 2.45) is 0 Å². The average molecular weight is 325 g/mol. The average Bonchev–Trinajstić information content (AvgIpc) is 2.44. The van der Waals surface area contributed by atoms with Crippen LogP contribution in [0.2, 0.25) is 10.0 Å². The van der Waals surface area contributed by atoms with Gasteiger partial charge in [-0.05, 0) is 25.5 Å². The van der Waals surface area contributed by atoms with Gasteiger partial charge in [-0.25, -0.2) is 9.97 Å². The van der Waals surface area contributed by atoms with E-state index in [2.05, 4.69) is 27.5 Å². The molecule has 1 heterocycles. The number of aryl methyl sites for hydroxylation is 1. The van der Waals surface area contributed by atoms with Crippen LogP contribution in [0.5, 0.6) is 0 Å². The molecule has 0 bridgehead atoms. The summed E-state index contributed by atoms with van der Waals surface area (Å²) in [6.45, 7) is 4.93. The maximum absolute atomic E-state index is 6.18. The lowest BCUT2D eigenvalue weighted by Gasteiger charge is -2.12. The maximum atomic E-state index is 6.18. The van der Waals surface area contributed by atoms with Crippen LogP contribution in [-0.4, -0.2) is 16.5 Å². The molecule has 1 aromatic heterocycles. The van der Waals surface area contributed by atoms with E-state index in [0.717, 1.165) is 31.0 Å². The van der Waals surface area contributed by atoms with Crippen molar-refractivity contribution in [3.63, 3.8) is 0 Å². The molecule has 0 atom stereocenters. The molecule has 0 saturated heterocycles. The minimum absolute atomic E-state index is 0.558. The van der Waals surface area contributed by atoms with Crippen LogP contribution in [0.3, 0.4) is 0 Å². The second kappa shape index (κ2) is 7.48. The molecule has 0 radical (unpaired) electrons. The van der Waals surface area contributed by atoms with Crippen LogP contribution in [-0.2, 0) is 6.42 Å². The predicted octanol–water partition coefficient (Wildman–Crippen LogP) is 4.91. The van der Waals surface area contributed by atoms with Gasteiger partial charge in [0.1, 0.15) is 17.5 Å². The molecule has 21 heavy (non-hydrogen) atoms. The second-order valence-electron chi connectivity index (χ2n) is 4.56. The van der Waals surface area contributed by atoms with Crippen LogP contribution in [0.25, 0.3) is 0 Å². The molecule has 0 fully saturated rings. The lowest BCUT2D eigenvalue weighted by atomic mass is 10.3. The molecule has 0 aliphatic heterocycles. The standard InChI is InChI=1S/C15H18Cl2N4/c1-3-6-12-19-13(18-4-2)9-14(20-12)21-15-10(16)7-5-8-11(15)17/h5,7-9H,3-4,6H2,1-2H3,(H2,18,19,20,21). The zero-order valence-corrected chi connectivity index (χ0v) is 13.6. The van der Waals surface area contributed by atoms with Crippen molar-refractivity contribution >= 4 is 40.5 Å². The van der Waals surface area contributed by atoms with E-state index in [4.69, 9.17) is 23.2 Å². The summed E-state index contributed by atoms with van der Waals surface area (Å²) in [5.74, 6) is 2.27. The first-order valence-electron chi connectivity index (χ1n) is 6.97. The van der Waals surface area contributed by atoms with Crippen LogP contribution in [0, 0.1) is 0 Å². The molecule has 0 aliphatic rings. The van der Waals surface area contributed by atoms with Crippen LogP contribution < -0.4 is 10.6 Å². The van der Waals surface area contributed by atoms with Gasteiger partial charge in [0.05, 0.1) is 15.7 Å². The Morgan fingerprint density at radius 1 is 1.05 bits per heavy atom. The van der Waals surface area contributed by atoms with E-state index in [0.29, 0.717) is 21.6 Å². The van der Waals surface area contributed by atoms with Gasteiger partial charge >= 0.3 is 0 Å².